The average Bonchev–Trinajstić information content (AvgIpc) is 2.53. The topological polar surface area (TPSA) is 54.5 Å². The molecule has 1 aliphatic heterocycles. The van der Waals surface area contributed by atoms with Crippen LogP contribution in [0, 0.1) is 0 Å². The fourth-order valence-electron chi connectivity index (χ4n) is 1.72. The van der Waals surface area contributed by atoms with Crippen molar-refractivity contribution in [2.75, 3.05) is 4.90 Å². The van der Waals surface area contributed by atoms with Gasteiger partial charge in [0.05, 0.1) is 12.1 Å². The van der Waals surface area contributed by atoms with Gasteiger partial charge in [0, 0.05) is 11.1 Å². The number of anilines is 1. The Morgan fingerprint density at radius 3 is 2.24 bits per heavy atom. The van der Waals surface area contributed by atoms with Crippen molar-refractivity contribution in [2.45, 2.75) is 13.3 Å². The molecule has 17 heavy (non-hydrogen) atoms. The van der Waals surface area contributed by atoms with Crippen LogP contribution in [0.4, 0.5) is 5.69 Å². The molecule has 1 saturated heterocycles. The summed E-state index contributed by atoms with van der Waals surface area (Å²) in [6, 6.07) is 6.37. The van der Waals surface area contributed by atoms with E-state index in [-0.39, 0.29) is 24.0 Å². The fraction of sp³-hybridized carbons (Fsp3) is 0.154. The van der Waals surface area contributed by atoms with E-state index in [0.717, 1.165) is 4.90 Å². The summed E-state index contributed by atoms with van der Waals surface area (Å²) < 4.78 is 0. The van der Waals surface area contributed by atoms with Gasteiger partial charge in [-0.2, -0.15) is 0 Å². The molecule has 1 aromatic rings. The lowest BCUT2D eigenvalue weighted by Crippen LogP contribution is -2.28. The zero-order valence-electron chi connectivity index (χ0n) is 9.40. The molecule has 0 radical (unpaired) electrons. The molecule has 1 aliphatic rings. The van der Waals surface area contributed by atoms with Crippen LogP contribution in [0.5, 0.6) is 0 Å². The number of Topliss-reactive ketones (excluding diaryl/α,β-unsaturated/α-hetero) is 1. The molecule has 2 rings (SSSR count). The first-order chi connectivity index (χ1) is 8.00. The lowest BCUT2D eigenvalue weighted by Gasteiger charge is -2.13. The third-order valence-corrected chi connectivity index (χ3v) is 2.65. The standard InChI is InChI=1S/C13H11NO3/c1-8-7-12(16)14(13(8)17)11-5-3-10(4-6-11)9(2)15/h3-6H,1,7H2,2H3. The van der Waals surface area contributed by atoms with Gasteiger partial charge in [-0.05, 0) is 31.2 Å². The summed E-state index contributed by atoms with van der Waals surface area (Å²) in [6.45, 7) is 5.00. The monoisotopic (exact) mass is 229 g/mol. The molecule has 1 aromatic carbocycles. The first-order valence-electron chi connectivity index (χ1n) is 5.17. The summed E-state index contributed by atoms with van der Waals surface area (Å²) in [7, 11) is 0. The van der Waals surface area contributed by atoms with E-state index < -0.39 is 0 Å². The van der Waals surface area contributed by atoms with Crippen LogP contribution in [0.1, 0.15) is 23.7 Å². The Morgan fingerprint density at radius 2 is 1.82 bits per heavy atom. The Bertz CT molecular complexity index is 528. The van der Waals surface area contributed by atoms with Gasteiger partial charge in [0.15, 0.2) is 5.78 Å². The second kappa shape index (κ2) is 3.97. The fourth-order valence-corrected chi connectivity index (χ4v) is 1.72. The molecule has 0 atom stereocenters. The molecule has 86 valence electrons. The Balaban J connectivity index is 2.35. The van der Waals surface area contributed by atoms with Gasteiger partial charge in [0.25, 0.3) is 5.91 Å². The lowest BCUT2D eigenvalue weighted by molar-refractivity contribution is -0.120. The maximum absolute atomic E-state index is 11.7. The number of nitrogens with zero attached hydrogens (tertiary/aromatic N) is 1. The zero-order chi connectivity index (χ0) is 12.6. The summed E-state index contributed by atoms with van der Waals surface area (Å²) >= 11 is 0. The third kappa shape index (κ3) is 1.89. The Morgan fingerprint density at radius 1 is 1.24 bits per heavy atom. The summed E-state index contributed by atoms with van der Waals surface area (Å²) in [5.74, 6) is -0.707. The Kier molecular flexibility index (Phi) is 2.63. The highest BCUT2D eigenvalue weighted by Gasteiger charge is 2.33. The summed E-state index contributed by atoms with van der Waals surface area (Å²) in [6.07, 6.45) is 0.0628. The molecule has 0 unspecified atom stereocenters. The van der Waals surface area contributed by atoms with E-state index in [1.807, 2.05) is 0 Å². The minimum absolute atomic E-state index is 0.0555. The quantitative estimate of drug-likeness (QED) is 0.440. The van der Waals surface area contributed by atoms with Crippen LogP contribution in [0.2, 0.25) is 0 Å². The van der Waals surface area contributed by atoms with Gasteiger partial charge in [-0.3, -0.25) is 14.4 Å². The average molecular weight is 229 g/mol. The number of hydrogen-bond acceptors (Lipinski definition) is 3. The first-order valence-corrected chi connectivity index (χ1v) is 5.17. The number of benzene rings is 1. The van der Waals surface area contributed by atoms with Gasteiger partial charge in [0.1, 0.15) is 0 Å². The number of carbonyl (C=O) groups is 3. The number of rotatable bonds is 2. The van der Waals surface area contributed by atoms with Crippen molar-refractivity contribution in [3.8, 4) is 0 Å². The molecule has 2 amide bonds. The SMILES string of the molecule is C=C1CC(=O)N(c2ccc(C(C)=O)cc2)C1=O. The van der Waals surface area contributed by atoms with Crippen LogP contribution in [0.15, 0.2) is 36.4 Å². The minimum Gasteiger partial charge on any atom is -0.295 e. The molecule has 0 bridgehead atoms. The van der Waals surface area contributed by atoms with Crippen molar-refractivity contribution < 1.29 is 14.4 Å². The highest BCUT2D eigenvalue weighted by Crippen LogP contribution is 2.25. The van der Waals surface area contributed by atoms with E-state index in [2.05, 4.69) is 6.58 Å². The van der Waals surface area contributed by atoms with Crippen molar-refractivity contribution in [3.63, 3.8) is 0 Å². The van der Waals surface area contributed by atoms with Crippen molar-refractivity contribution in [1.29, 1.82) is 0 Å². The number of ketones is 1. The molecular weight excluding hydrogens is 218 g/mol. The zero-order valence-corrected chi connectivity index (χ0v) is 9.40. The first kappa shape index (κ1) is 11.3. The highest BCUT2D eigenvalue weighted by atomic mass is 16.2. The second-order valence-corrected chi connectivity index (χ2v) is 3.92. The number of hydrogen-bond donors (Lipinski definition) is 0. The number of carbonyl (C=O) groups excluding carboxylic acids is 3. The molecular formula is C13H11NO3. The molecule has 0 aromatic heterocycles. The molecule has 0 N–H and O–H groups in total. The van der Waals surface area contributed by atoms with Gasteiger partial charge in [0.2, 0.25) is 5.91 Å². The van der Waals surface area contributed by atoms with Gasteiger partial charge in [-0.15, -0.1) is 0 Å². The predicted molar refractivity (Wildman–Crippen MR) is 62.7 cm³/mol. The largest absolute Gasteiger partial charge is 0.295 e. The Hall–Kier alpha value is -2.23. The summed E-state index contributed by atoms with van der Waals surface area (Å²) in [5, 5.41) is 0. The van der Waals surface area contributed by atoms with Crippen LogP contribution in [0.25, 0.3) is 0 Å². The third-order valence-electron chi connectivity index (χ3n) is 2.65. The van der Waals surface area contributed by atoms with Crippen molar-refractivity contribution >= 4 is 23.3 Å². The summed E-state index contributed by atoms with van der Waals surface area (Å²) in [5.41, 5.74) is 1.32. The molecule has 0 spiro atoms. The van der Waals surface area contributed by atoms with Crippen LogP contribution in [-0.2, 0) is 9.59 Å². The maximum atomic E-state index is 11.7. The van der Waals surface area contributed by atoms with Gasteiger partial charge < -0.3 is 0 Å². The van der Waals surface area contributed by atoms with E-state index in [9.17, 15) is 14.4 Å². The van der Waals surface area contributed by atoms with E-state index in [4.69, 9.17) is 0 Å². The van der Waals surface area contributed by atoms with Crippen molar-refractivity contribution in [2.24, 2.45) is 0 Å². The molecule has 4 heteroatoms. The molecule has 4 nitrogen and oxygen atoms in total. The van der Waals surface area contributed by atoms with Gasteiger partial charge in [-0.1, -0.05) is 6.58 Å². The minimum atomic E-state index is -0.370. The van der Waals surface area contributed by atoms with E-state index in [1.54, 1.807) is 24.3 Å². The van der Waals surface area contributed by atoms with Crippen molar-refractivity contribution in [3.05, 3.63) is 42.0 Å². The molecule has 0 saturated carbocycles. The van der Waals surface area contributed by atoms with Crippen LogP contribution in [0.3, 0.4) is 0 Å². The van der Waals surface area contributed by atoms with E-state index in [1.165, 1.54) is 6.92 Å². The number of amides is 2. The molecule has 1 fully saturated rings. The van der Waals surface area contributed by atoms with Crippen molar-refractivity contribution in [1.82, 2.24) is 0 Å². The Labute approximate surface area is 98.5 Å². The maximum Gasteiger partial charge on any atom is 0.260 e. The lowest BCUT2D eigenvalue weighted by atomic mass is 10.1. The normalized spacial score (nSPS) is 15.6. The van der Waals surface area contributed by atoms with Gasteiger partial charge in [-0.25, -0.2) is 4.90 Å². The van der Waals surface area contributed by atoms with Crippen LogP contribution < -0.4 is 4.90 Å². The smallest absolute Gasteiger partial charge is 0.260 e. The number of imide groups is 1. The van der Waals surface area contributed by atoms with E-state index >= 15 is 0 Å². The second-order valence-electron chi connectivity index (χ2n) is 3.92. The van der Waals surface area contributed by atoms with Crippen LogP contribution >= 0.6 is 0 Å². The van der Waals surface area contributed by atoms with E-state index in [0.29, 0.717) is 16.8 Å². The predicted octanol–water partition coefficient (Wildman–Crippen LogP) is 1.71. The van der Waals surface area contributed by atoms with Gasteiger partial charge >= 0.3 is 0 Å². The van der Waals surface area contributed by atoms with Crippen LogP contribution in [-0.4, -0.2) is 17.6 Å². The molecule has 1 heterocycles. The highest BCUT2D eigenvalue weighted by molar-refractivity contribution is 6.27. The summed E-state index contributed by atoms with van der Waals surface area (Å²) in [4.78, 5) is 35.5. The molecule has 0 aliphatic carbocycles.